The maximum Gasteiger partial charge on any atom is 0.0700 e. The van der Waals surface area contributed by atoms with E-state index in [1.807, 2.05) is 0 Å². The van der Waals surface area contributed by atoms with Gasteiger partial charge in [-0.15, -0.1) is 11.6 Å². The molecule has 1 fully saturated rings. The summed E-state index contributed by atoms with van der Waals surface area (Å²) < 4.78 is 10.3. The maximum absolute atomic E-state index is 6.36. The first-order chi connectivity index (χ1) is 8.34. The fourth-order valence-corrected chi connectivity index (χ4v) is 2.57. The highest BCUT2D eigenvalue weighted by molar-refractivity contribution is 6.21. The Morgan fingerprint density at radius 2 is 1.94 bits per heavy atom. The summed E-state index contributed by atoms with van der Waals surface area (Å²) in [6.45, 7) is 3.18. The minimum absolute atomic E-state index is 0.312. The van der Waals surface area contributed by atoms with Crippen LogP contribution in [-0.4, -0.2) is 44.9 Å². The molecule has 0 aromatic carbocycles. The molecule has 0 spiro atoms. The monoisotopic (exact) mass is 263 g/mol. The Labute approximate surface area is 110 Å². The second-order valence-corrected chi connectivity index (χ2v) is 5.23. The average Bonchev–Trinajstić information content (AvgIpc) is 2.53. The maximum atomic E-state index is 6.36. The van der Waals surface area contributed by atoms with Crippen LogP contribution < -0.4 is 5.32 Å². The summed E-state index contributed by atoms with van der Waals surface area (Å²) in [5.41, 5.74) is 0. The Bertz CT molecular complexity index is 181. The molecule has 1 N–H and O–H groups in total. The van der Waals surface area contributed by atoms with Crippen molar-refractivity contribution in [2.24, 2.45) is 0 Å². The van der Waals surface area contributed by atoms with Gasteiger partial charge in [0, 0.05) is 25.1 Å². The zero-order valence-electron chi connectivity index (χ0n) is 10.9. The van der Waals surface area contributed by atoms with Gasteiger partial charge in [0.05, 0.1) is 13.2 Å². The smallest absolute Gasteiger partial charge is 0.0700 e. The van der Waals surface area contributed by atoms with Gasteiger partial charge in [0.15, 0.2) is 0 Å². The standard InChI is InChI=1S/C13H26ClNO2/c1-16-10-11-17-9-5-8-15-13-7-4-2-3-6-12(13)14/h12-13,15H,2-11H2,1H3. The first kappa shape index (κ1) is 15.2. The second-order valence-electron chi connectivity index (χ2n) is 4.67. The topological polar surface area (TPSA) is 30.5 Å². The Morgan fingerprint density at radius 3 is 2.76 bits per heavy atom. The number of halogens is 1. The Hall–Kier alpha value is 0.170. The summed E-state index contributed by atoms with van der Waals surface area (Å²) >= 11 is 6.36. The number of hydrogen-bond acceptors (Lipinski definition) is 3. The van der Waals surface area contributed by atoms with E-state index in [9.17, 15) is 0 Å². The fraction of sp³-hybridized carbons (Fsp3) is 1.00. The molecule has 17 heavy (non-hydrogen) atoms. The van der Waals surface area contributed by atoms with Gasteiger partial charge in [-0.2, -0.15) is 0 Å². The van der Waals surface area contributed by atoms with Crippen LogP contribution in [0.25, 0.3) is 0 Å². The summed E-state index contributed by atoms with van der Waals surface area (Å²) in [5.74, 6) is 0. The van der Waals surface area contributed by atoms with Gasteiger partial charge in [-0.1, -0.05) is 19.3 Å². The van der Waals surface area contributed by atoms with E-state index in [2.05, 4.69) is 5.32 Å². The third-order valence-electron chi connectivity index (χ3n) is 3.24. The third kappa shape index (κ3) is 7.24. The van der Waals surface area contributed by atoms with E-state index in [1.54, 1.807) is 7.11 Å². The average molecular weight is 264 g/mol. The number of methoxy groups -OCH3 is 1. The molecule has 0 saturated heterocycles. The molecule has 0 radical (unpaired) electrons. The molecule has 0 aliphatic heterocycles. The quantitative estimate of drug-likeness (QED) is 0.415. The van der Waals surface area contributed by atoms with Crippen molar-refractivity contribution < 1.29 is 9.47 Å². The van der Waals surface area contributed by atoms with Crippen molar-refractivity contribution in [1.82, 2.24) is 5.32 Å². The molecule has 0 bridgehead atoms. The summed E-state index contributed by atoms with van der Waals surface area (Å²) in [6.07, 6.45) is 7.35. The predicted octanol–water partition coefficient (Wildman–Crippen LogP) is 2.57. The molecule has 3 nitrogen and oxygen atoms in total. The largest absolute Gasteiger partial charge is 0.382 e. The van der Waals surface area contributed by atoms with Crippen molar-refractivity contribution >= 4 is 11.6 Å². The van der Waals surface area contributed by atoms with Crippen molar-refractivity contribution in [3.05, 3.63) is 0 Å². The highest BCUT2D eigenvalue weighted by Gasteiger charge is 2.20. The molecule has 2 atom stereocenters. The van der Waals surface area contributed by atoms with Crippen molar-refractivity contribution in [1.29, 1.82) is 0 Å². The molecule has 1 saturated carbocycles. The van der Waals surface area contributed by atoms with E-state index < -0.39 is 0 Å². The van der Waals surface area contributed by atoms with Crippen LogP contribution in [0.15, 0.2) is 0 Å². The van der Waals surface area contributed by atoms with Gasteiger partial charge < -0.3 is 14.8 Å². The van der Waals surface area contributed by atoms with Crippen LogP contribution in [-0.2, 0) is 9.47 Å². The lowest BCUT2D eigenvalue weighted by atomic mass is 10.1. The number of alkyl halides is 1. The zero-order valence-corrected chi connectivity index (χ0v) is 11.7. The SMILES string of the molecule is COCCOCCCNC1CCCCCC1Cl. The van der Waals surface area contributed by atoms with Crippen molar-refractivity contribution in [3.63, 3.8) is 0 Å². The lowest BCUT2D eigenvalue weighted by Crippen LogP contribution is -2.37. The molecular formula is C13H26ClNO2. The molecular weight excluding hydrogens is 238 g/mol. The summed E-state index contributed by atoms with van der Waals surface area (Å²) in [5, 5.41) is 3.87. The van der Waals surface area contributed by atoms with E-state index in [-0.39, 0.29) is 0 Å². The van der Waals surface area contributed by atoms with Crippen molar-refractivity contribution in [2.75, 3.05) is 33.5 Å². The van der Waals surface area contributed by atoms with E-state index in [0.717, 1.165) is 26.0 Å². The van der Waals surface area contributed by atoms with Crippen LogP contribution in [0.5, 0.6) is 0 Å². The number of nitrogens with one attached hydrogen (secondary N) is 1. The van der Waals surface area contributed by atoms with Crippen LogP contribution in [0, 0.1) is 0 Å². The molecule has 102 valence electrons. The molecule has 1 aliphatic rings. The van der Waals surface area contributed by atoms with E-state index >= 15 is 0 Å². The fourth-order valence-electron chi connectivity index (χ4n) is 2.20. The van der Waals surface area contributed by atoms with Crippen LogP contribution >= 0.6 is 11.6 Å². The van der Waals surface area contributed by atoms with Gasteiger partial charge in [0.2, 0.25) is 0 Å². The first-order valence-electron chi connectivity index (χ1n) is 6.78. The Morgan fingerprint density at radius 1 is 1.12 bits per heavy atom. The number of rotatable bonds is 8. The summed E-state index contributed by atoms with van der Waals surface area (Å²) in [6, 6.07) is 0.498. The number of hydrogen-bond donors (Lipinski definition) is 1. The lowest BCUT2D eigenvalue weighted by Gasteiger charge is -2.21. The van der Waals surface area contributed by atoms with E-state index in [1.165, 1.54) is 25.7 Å². The van der Waals surface area contributed by atoms with Gasteiger partial charge in [-0.05, 0) is 25.8 Å². The Balaban J connectivity index is 1.97. The van der Waals surface area contributed by atoms with Crippen molar-refractivity contribution in [2.45, 2.75) is 49.9 Å². The van der Waals surface area contributed by atoms with Crippen LogP contribution in [0.4, 0.5) is 0 Å². The minimum Gasteiger partial charge on any atom is -0.382 e. The van der Waals surface area contributed by atoms with E-state index in [0.29, 0.717) is 24.6 Å². The highest BCUT2D eigenvalue weighted by atomic mass is 35.5. The number of ether oxygens (including phenoxy) is 2. The van der Waals surface area contributed by atoms with Crippen LogP contribution in [0.3, 0.4) is 0 Å². The molecule has 0 amide bonds. The van der Waals surface area contributed by atoms with Crippen molar-refractivity contribution in [3.8, 4) is 0 Å². The van der Waals surface area contributed by atoms with Gasteiger partial charge in [-0.3, -0.25) is 0 Å². The normalized spacial score (nSPS) is 25.8. The van der Waals surface area contributed by atoms with E-state index in [4.69, 9.17) is 21.1 Å². The molecule has 0 heterocycles. The third-order valence-corrected chi connectivity index (χ3v) is 3.76. The van der Waals surface area contributed by atoms with Gasteiger partial charge in [0.1, 0.15) is 0 Å². The van der Waals surface area contributed by atoms with Gasteiger partial charge >= 0.3 is 0 Å². The van der Waals surface area contributed by atoms with Crippen LogP contribution in [0.1, 0.15) is 38.5 Å². The lowest BCUT2D eigenvalue weighted by molar-refractivity contribution is 0.0692. The molecule has 1 rings (SSSR count). The summed E-state index contributed by atoms with van der Waals surface area (Å²) in [7, 11) is 1.69. The van der Waals surface area contributed by atoms with Crippen LogP contribution in [0.2, 0.25) is 0 Å². The molecule has 4 heteroatoms. The first-order valence-corrected chi connectivity index (χ1v) is 7.22. The molecule has 2 unspecified atom stereocenters. The summed E-state index contributed by atoms with van der Waals surface area (Å²) in [4.78, 5) is 0. The minimum atomic E-state index is 0.312. The Kier molecular flexibility index (Phi) is 9.07. The molecule has 1 aliphatic carbocycles. The molecule has 0 aromatic heterocycles. The van der Waals surface area contributed by atoms with Gasteiger partial charge in [-0.25, -0.2) is 0 Å². The van der Waals surface area contributed by atoms with Gasteiger partial charge in [0.25, 0.3) is 0 Å². The highest BCUT2D eigenvalue weighted by Crippen LogP contribution is 2.22. The zero-order chi connectivity index (χ0) is 12.3. The second kappa shape index (κ2) is 10.1. The molecule has 0 aromatic rings. The predicted molar refractivity (Wildman–Crippen MR) is 71.8 cm³/mol.